The van der Waals surface area contributed by atoms with Gasteiger partial charge in [-0.3, -0.25) is 4.90 Å². The standard InChI is InChI=1S/C17H34N2/c1-5-14(4)17-12-19(15(6-2)11-18-17)16-9-7-8-13(3)10-16/h13-18H,5-12H2,1-4H3. The second-order valence-corrected chi connectivity index (χ2v) is 7.08. The van der Waals surface area contributed by atoms with Gasteiger partial charge in [-0.05, 0) is 31.1 Å². The Bertz CT molecular complexity index is 266. The van der Waals surface area contributed by atoms with Crippen LogP contribution in [0.15, 0.2) is 0 Å². The van der Waals surface area contributed by atoms with Crippen LogP contribution in [0.5, 0.6) is 0 Å². The van der Waals surface area contributed by atoms with E-state index >= 15 is 0 Å². The monoisotopic (exact) mass is 266 g/mol. The number of piperazine rings is 1. The third kappa shape index (κ3) is 3.72. The molecule has 1 saturated carbocycles. The molecule has 5 unspecified atom stereocenters. The van der Waals surface area contributed by atoms with Crippen molar-refractivity contribution in [3.8, 4) is 0 Å². The Labute approximate surface area is 120 Å². The van der Waals surface area contributed by atoms with Crippen LogP contribution in [0.25, 0.3) is 0 Å². The zero-order valence-electron chi connectivity index (χ0n) is 13.5. The first-order chi connectivity index (χ1) is 9.15. The third-order valence-electron chi connectivity index (χ3n) is 5.67. The third-order valence-corrected chi connectivity index (χ3v) is 5.67. The van der Waals surface area contributed by atoms with Crippen LogP contribution in [0, 0.1) is 11.8 Å². The summed E-state index contributed by atoms with van der Waals surface area (Å²) >= 11 is 0. The molecule has 0 spiro atoms. The van der Waals surface area contributed by atoms with Crippen molar-refractivity contribution in [2.24, 2.45) is 11.8 Å². The summed E-state index contributed by atoms with van der Waals surface area (Å²) in [4.78, 5) is 2.88. The fourth-order valence-electron chi connectivity index (χ4n) is 4.04. The molecule has 0 aromatic rings. The molecule has 2 aliphatic rings. The average Bonchev–Trinajstić information content (AvgIpc) is 2.45. The van der Waals surface area contributed by atoms with E-state index in [0.717, 1.165) is 23.9 Å². The van der Waals surface area contributed by atoms with Crippen molar-refractivity contribution in [3.63, 3.8) is 0 Å². The van der Waals surface area contributed by atoms with Crippen molar-refractivity contribution >= 4 is 0 Å². The molecule has 112 valence electrons. The van der Waals surface area contributed by atoms with E-state index in [9.17, 15) is 0 Å². The van der Waals surface area contributed by atoms with Crippen LogP contribution in [0.3, 0.4) is 0 Å². The highest BCUT2D eigenvalue weighted by molar-refractivity contribution is 4.92. The van der Waals surface area contributed by atoms with E-state index in [2.05, 4.69) is 37.9 Å². The van der Waals surface area contributed by atoms with Gasteiger partial charge in [0.15, 0.2) is 0 Å². The lowest BCUT2D eigenvalue weighted by molar-refractivity contribution is 0.0384. The maximum atomic E-state index is 3.81. The predicted molar refractivity (Wildman–Crippen MR) is 83.5 cm³/mol. The molecule has 1 N–H and O–H groups in total. The number of nitrogens with one attached hydrogen (secondary N) is 1. The minimum absolute atomic E-state index is 0.713. The molecule has 19 heavy (non-hydrogen) atoms. The maximum Gasteiger partial charge on any atom is 0.0221 e. The predicted octanol–water partition coefficient (Wildman–Crippen LogP) is 3.66. The SMILES string of the molecule is CCC(C)C1CN(C2CCCC(C)C2)C(CC)CN1. The fraction of sp³-hybridized carbons (Fsp3) is 1.00. The quantitative estimate of drug-likeness (QED) is 0.835. The van der Waals surface area contributed by atoms with Crippen LogP contribution in [0.4, 0.5) is 0 Å². The molecule has 2 nitrogen and oxygen atoms in total. The van der Waals surface area contributed by atoms with E-state index in [1.54, 1.807) is 0 Å². The molecule has 2 fully saturated rings. The molecular weight excluding hydrogens is 232 g/mol. The van der Waals surface area contributed by atoms with Crippen LogP contribution >= 0.6 is 0 Å². The van der Waals surface area contributed by atoms with Crippen molar-refractivity contribution in [2.75, 3.05) is 13.1 Å². The number of nitrogens with zero attached hydrogens (tertiary/aromatic N) is 1. The second kappa shape index (κ2) is 7.08. The molecule has 0 radical (unpaired) electrons. The summed E-state index contributed by atoms with van der Waals surface area (Å²) in [5.74, 6) is 1.74. The first-order valence-electron chi connectivity index (χ1n) is 8.64. The van der Waals surface area contributed by atoms with E-state index in [1.807, 2.05) is 0 Å². The maximum absolute atomic E-state index is 3.81. The van der Waals surface area contributed by atoms with Crippen LogP contribution in [-0.4, -0.2) is 36.1 Å². The molecule has 0 amide bonds. The van der Waals surface area contributed by atoms with Crippen molar-refractivity contribution < 1.29 is 0 Å². The summed E-state index contributed by atoms with van der Waals surface area (Å²) in [6, 6.07) is 2.35. The fourth-order valence-corrected chi connectivity index (χ4v) is 4.04. The van der Waals surface area contributed by atoms with Gasteiger partial charge in [0.05, 0.1) is 0 Å². The summed E-state index contributed by atoms with van der Waals surface area (Å²) in [6.07, 6.45) is 8.36. The lowest BCUT2D eigenvalue weighted by atomic mass is 9.84. The van der Waals surface area contributed by atoms with Gasteiger partial charge in [-0.2, -0.15) is 0 Å². The summed E-state index contributed by atoms with van der Waals surface area (Å²) in [6.45, 7) is 12.0. The van der Waals surface area contributed by atoms with E-state index in [-0.39, 0.29) is 0 Å². The minimum atomic E-state index is 0.713. The summed E-state index contributed by atoms with van der Waals surface area (Å²) < 4.78 is 0. The van der Waals surface area contributed by atoms with Crippen molar-refractivity contribution in [3.05, 3.63) is 0 Å². The minimum Gasteiger partial charge on any atom is -0.311 e. The van der Waals surface area contributed by atoms with E-state index in [0.29, 0.717) is 6.04 Å². The molecular formula is C17H34N2. The summed E-state index contributed by atoms with van der Waals surface area (Å²) in [7, 11) is 0. The van der Waals surface area contributed by atoms with Gasteiger partial charge < -0.3 is 5.32 Å². The Balaban J connectivity index is 2.00. The second-order valence-electron chi connectivity index (χ2n) is 7.08. The Hall–Kier alpha value is -0.0800. The van der Waals surface area contributed by atoms with Crippen LogP contribution < -0.4 is 5.32 Å². The average molecular weight is 266 g/mol. The Morgan fingerprint density at radius 1 is 1.26 bits per heavy atom. The van der Waals surface area contributed by atoms with Gasteiger partial charge >= 0.3 is 0 Å². The lowest BCUT2D eigenvalue weighted by Gasteiger charge is -2.48. The first kappa shape index (κ1) is 15.3. The smallest absolute Gasteiger partial charge is 0.0221 e. The van der Waals surface area contributed by atoms with Crippen molar-refractivity contribution in [1.82, 2.24) is 10.2 Å². The molecule has 5 atom stereocenters. The number of rotatable bonds is 4. The molecule has 0 bridgehead atoms. The van der Waals surface area contributed by atoms with Crippen LogP contribution in [0.2, 0.25) is 0 Å². The van der Waals surface area contributed by atoms with Crippen molar-refractivity contribution in [2.45, 2.75) is 84.3 Å². The largest absolute Gasteiger partial charge is 0.311 e. The zero-order chi connectivity index (χ0) is 13.8. The van der Waals surface area contributed by atoms with Gasteiger partial charge in [0.25, 0.3) is 0 Å². The Kier molecular flexibility index (Phi) is 5.70. The molecule has 1 aliphatic carbocycles. The zero-order valence-corrected chi connectivity index (χ0v) is 13.5. The van der Waals surface area contributed by atoms with Gasteiger partial charge in [-0.25, -0.2) is 0 Å². The lowest BCUT2D eigenvalue weighted by Crippen LogP contribution is -2.61. The summed E-state index contributed by atoms with van der Waals surface area (Å²) in [5, 5.41) is 3.81. The normalized spacial score (nSPS) is 39.2. The van der Waals surface area contributed by atoms with E-state index in [1.165, 1.54) is 51.6 Å². The highest BCUT2D eigenvalue weighted by Crippen LogP contribution is 2.30. The topological polar surface area (TPSA) is 15.3 Å². The molecule has 1 aliphatic heterocycles. The first-order valence-corrected chi connectivity index (χ1v) is 8.64. The van der Waals surface area contributed by atoms with E-state index < -0.39 is 0 Å². The highest BCUT2D eigenvalue weighted by Gasteiger charge is 2.34. The number of hydrogen-bond donors (Lipinski definition) is 1. The van der Waals surface area contributed by atoms with Crippen molar-refractivity contribution in [1.29, 1.82) is 0 Å². The van der Waals surface area contributed by atoms with Gasteiger partial charge in [-0.1, -0.05) is 47.0 Å². The van der Waals surface area contributed by atoms with Crippen LogP contribution in [-0.2, 0) is 0 Å². The van der Waals surface area contributed by atoms with Crippen LogP contribution in [0.1, 0.15) is 66.2 Å². The molecule has 2 rings (SSSR count). The van der Waals surface area contributed by atoms with E-state index in [4.69, 9.17) is 0 Å². The highest BCUT2D eigenvalue weighted by atomic mass is 15.3. The van der Waals surface area contributed by atoms with Gasteiger partial charge in [0, 0.05) is 31.2 Å². The number of hydrogen-bond acceptors (Lipinski definition) is 2. The molecule has 0 aromatic heterocycles. The summed E-state index contributed by atoms with van der Waals surface area (Å²) in [5.41, 5.74) is 0. The van der Waals surface area contributed by atoms with Gasteiger partial charge in [-0.15, -0.1) is 0 Å². The Morgan fingerprint density at radius 2 is 2.05 bits per heavy atom. The Morgan fingerprint density at radius 3 is 2.68 bits per heavy atom. The molecule has 2 heteroatoms. The van der Waals surface area contributed by atoms with Gasteiger partial charge in [0.2, 0.25) is 0 Å². The molecule has 1 saturated heterocycles. The molecule has 0 aromatic carbocycles. The molecule has 1 heterocycles. The van der Waals surface area contributed by atoms with Gasteiger partial charge in [0.1, 0.15) is 0 Å².